The number of nitrogens with zero attached hydrogens (tertiary/aromatic N) is 5. The van der Waals surface area contributed by atoms with Crippen LogP contribution >= 0.6 is 22.6 Å². The number of anilines is 1. The average Bonchev–Trinajstić information content (AvgIpc) is 2.74. The lowest BCUT2D eigenvalue weighted by atomic mass is 10.3. The molecule has 1 atom stereocenters. The van der Waals surface area contributed by atoms with Gasteiger partial charge in [-0.05, 0) is 29.5 Å². The Balaban J connectivity index is 2.13. The smallest absolute Gasteiger partial charge is 0.196 e. The Morgan fingerprint density at radius 3 is 3.07 bits per heavy atom. The molecule has 0 aliphatic rings. The molecule has 0 saturated heterocycles. The first kappa shape index (κ1) is 10.2. The number of aromatic nitrogens is 6. The maximum absolute atomic E-state index is 4.11. The Hall–Kier alpha value is -1.32. The second-order valence-electron chi connectivity index (χ2n) is 2.86. The molecule has 0 radical (unpaired) electrons. The van der Waals surface area contributed by atoms with Crippen molar-refractivity contribution < 1.29 is 0 Å². The number of rotatable bonds is 3. The first-order chi connectivity index (χ1) is 7.27. The van der Waals surface area contributed by atoms with Crippen molar-refractivity contribution in [1.29, 1.82) is 0 Å². The lowest BCUT2D eigenvalue weighted by molar-refractivity contribution is 0.785. The highest BCUT2D eigenvalue weighted by atomic mass is 127. The topological polar surface area (TPSA) is 92.3 Å². The van der Waals surface area contributed by atoms with E-state index >= 15 is 0 Å². The van der Waals surface area contributed by atoms with Crippen LogP contribution in [0.25, 0.3) is 0 Å². The minimum absolute atomic E-state index is 0.0489. The van der Waals surface area contributed by atoms with E-state index in [0.717, 1.165) is 9.39 Å². The standard InChI is InChI=1S/C7H8IN7/c1-4(6-12-14-15-13-6)11-7-5(8)2-9-3-10-7/h2-4H,1H3,(H,9,10,11)(H,12,13,14,15). The molecule has 78 valence electrons. The quantitative estimate of drug-likeness (QED) is 0.812. The van der Waals surface area contributed by atoms with Crippen molar-refractivity contribution in [2.75, 3.05) is 5.32 Å². The molecule has 0 fully saturated rings. The van der Waals surface area contributed by atoms with Gasteiger partial charge in [-0.25, -0.2) is 9.97 Å². The Kier molecular flexibility index (Phi) is 3.04. The number of tetrazole rings is 1. The van der Waals surface area contributed by atoms with Crippen molar-refractivity contribution in [1.82, 2.24) is 30.6 Å². The minimum atomic E-state index is -0.0489. The van der Waals surface area contributed by atoms with Crippen LogP contribution in [0.5, 0.6) is 0 Å². The summed E-state index contributed by atoms with van der Waals surface area (Å²) in [5, 5.41) is 16.8. The molecule has 1 unspecified atom stereocenters. The first-order valence-electron chi connectivity index (χ1n) is 4.22. The van der Waals surface area contributed by atoms with Gasteiger partial charge in [0.05, 0.1) is 9.61 Å². The van der Waals surface area contributed by atoms with Gasteiger partial charge in [0.1, 0.15) is 12.1 Å². The molecule has 2 aromatic heterocycles. The van der Waals surface area contributed by atoms with E-state index in [-0.39, 0.29) is 6.04 Å². The highest BCUT2D eigenvalue weighted by Crippen LogP contribution is 2.17. The van der Waals surface area contributed by atoms with Gasteiger partial charge in [0.15, 0.2) is 5.82 Å². The summed E-state index contributed by atoms with van der Waals surface area (Å²) in [5.41, 5.74) is 0. The zero-order valence-electron chi connectivity index (χ0n) is 7.85. The number of hydrogen-bond donors (Lipinski definition) is 2. The van der Waals surface area contributed by atoms with E-state index in [9.17, 15) is 0 Å². The third-order valence-electron chi connectivity index (χ3n) is 1.77. The predicted molar refractivity (Wildman–Crippen MR) is 61.0 cm³/mol. The summed E-state index contributed by atoms with van der Waals surface area (Å²) in [7, 11) is 0. The summed E-state index contributed by atoms with van der Waals surface area (Å²) < 4.78 is 0.949. The molecule has 0 aromatic carbocycles. The van der Waals surface area contributed by atoms with E-state index in [1.165, 1.54) is 6.33 Å². The van der Waals surface area contributed by atoms with E-state index in [4.69, 9.17) is 0 Å². The van der Waals surface area contributed by atoms with Crippen LogP contribution in [0.1, 0.15) is 18.8 Å². The summed E-state index contributed by atoms with van der Waals surface area (Å²) in [4.78, 5) is 8.02. The van der Waals surface area contributed by atoms with E-state index < -0.39 is 0 Å². The molecule has 2 N–H and O–H groups in total. The molecule has 8 heteroatoms. The molecule has 0 saturated carbocycles. The Labute approximate surface area is 99.2 Å². The van der Waals surface area contributed by atoms with Gasteiger partial charge in [0.25, 0.3) is 0 Å². The van der Waals surface area contributed by atoms with Crippen molar-refractivity contribution in [3.63, 3.8) is 0 Å². The van der Waals surface area contributed by atoms with Gasteiger partial charge in [0.2, 0.25) is 0 Å². The molecule has 2 rings (SSSR count). The third kappa shape index (κ3) is 2.37. The van der Waals surface area contributed by atoms with Crippen LogP contribution < -0.4 is 5.32 Å². The second kappa shape index (κ2) is 4.47. The largest absolute Gasteiger partial charge is 0.359 e. The molecular weight excluding hydrogens is 309 g/mol. The molecule has 15 heavy (non-hydrogen) atoms. The SMILES string of the molecule is CC(Nc1ncncc1I)c1nn[nH]n1. The van der Waals surface area contributed by atoms with Crippen molar-refractivity contribution in [2.45, 2.75) is 13.0 Å². The van der Waals surface area contributed by atoms with Crippen LogP contribution in [0.4, 0.5) is 5.82 Å². The zero-order valence-corrected chi connectivity index (χ0v) is 10.0. The maximum Gasteiger partial charge on any atom is 0.196 e. The van der Waals surface area contributed by atoms with Crippen molar-refractivity contribution in [3.8, 4) is 0 Å². The van der Waals surface area contributed by atoms with E-state index in [2.05, 4.69) is 58.5 Å². The first-order valence-corrected chi connectivity index (χ1v) is 5.30. The molecular formula is C7H8IN7. The number of hydrogen-bond acceptors (Lipinski definition) is 6. The van der Waals surface area contributed by atoms with Gasteiger partial charge in [-0.1, -0.05) is 5.21 Å². The maximum atomic E-state index is 4.11. The summed E-state index contributed by atoms with van der Waals surface area (Å²) in [6, 6.07) is -0.0489. The van der Waals surface area contributed by atoms with E-state index in [1.807, 2.05) is 6.92 Å². The third-order valence-corrected chi connectivity index (χ3v) is 2.56. The molecule has 0 aliphatic carbocycles. The number of H-pyrrole nitrogens is 1. The monoisotopic (exact) mass is 317 g/mol. The summed E-state index contributed by atoms with van der Waals surface area (Å²) in [5.74, 6) is 1.37. The minimum Gasteiger partial charge on any atom is -0.359 e. The fourth-order valence-corrected chi connectivity index (χ4v) is 1.50. The number of nitrogens with one attached hydrogen (secondary N) is 2. The van der Waals surface area contributed by atoms with Crippen LogP contribution in [-0.2, 0) is 0 Å². The van der Waals surface area contributed by atoms with Gasteiger partial charge >= 0.3 is 0 Å². The molecule has 0 aliphatic heterocycles. The van der Waals surface area contributed by atoms with Crippen molar-refractivity contribution >= 4 is 28.4 Å². The van der Waals surface area contributed by atoms with Gasteiger partial charge in [-0.15, -0.1) is 10.2 Å². The van der Waals surface area contributed by atoms with Crippen LogP contribution in [0.3, 0.4) is 0 Å². The summed E-state index contributed by atoms with van der Waals surface area (Å²) in [6.45, 7) is 1.93. The van der Waals surface area contributed by atoms with Crippen molar-refractivity contribution in [3.05, 3.63) is 21.9 Å². The summed E-state index contributed by atoms with van der Waals surface area (Å²) >= 11 is 2.16. The molecule has 0 bridgehead atoms. The molecule has 2 heterocycles. The number of halogens is 1. The van der Waals surface area contributed by atoms with E-state index in [1.54, 1.807) is 6.20 Å². The fourth-order valence-electron chi connectivity index (χ4n) is 1.04. The molecule has 2 aromatic rings. The second-order valence-corrected chi connectivity index (χ2v) is 4.02. The summed E-state index contributed by atoms with van der Waals surface area (Å²) in [6.07, 6.45) is 3.23. The highest BCUT2D eigenvalue weighted by molar-refractivity contribution is 14.1. The van der Waals surface area contributed by atoms with Crippen LogP contribution in [0, 0.1) is 3.57 Å². The zero-order chi connectivity index (χ0) is 10.7. The lowest BCUT2D eigenvalue weighted by Gasteiger charge is -2.10. The Morgan fingerprint density at radius 1 is 1.53 bits per heavy atom. The van der Waals surface area contributed by atoms with E-state index in [0.29, 0.717) is 5.82 Å². The van der Waals surface area contributed by atoms with Gasteiger partial charge < -0.3 is 5.32 Å². The predicted octanol–water partition coefficient (Wildman–Crippen LogP) is 0.767. The normalized spacial score (nSPS) is 12.4. The molecule has 0 amide bonds. The molecule has 7 nitrogen and oxygen atoms in total. The molecule has 0 spiro atoms. The average molecular weight is 317 g/mol. The number of aromatic amines is 1. The fraction of sp³-hybridized carbons (Fsp3) is 0.286. The highest BCUT2D eigenvalue weighted by Gasteiger charge is 2.11. The van der Waals surface area contributed by atoms with Gasteiger partial charge in [-0.3, -0.25) is 0 Å². The van der Waals surface area contributed by atoms with Gasteiger partial charge in [0, 0.05) is 6.20 Å². The van der Waals surface area contributed by atoms with Crippen LogP contribution in [0.15, 0.2) is 12.5 Å². The Morgan fingerprint density at radius 2 is 2.40 bits per heavy atom. The Bertz CT molecular complexity index is 429. The van der Waals surface area contributed by atoms with Gasteiger partial charge in [-0.2, -0.15) is 5.21 Å². The lowest BCUT2D eigenvalue weighted by Crippen LogP contribution is -2.11. The van der Waals surface area contributed by atoms with Crippen LogP contribution in [-0.4, -0.2) is 30.6 Å². The van der Waals surface area contributed by atoms with Crippen molar-refractivity contribution in [2.24, 2.45) is 0 Å². The van der Waals surface area contributed by atoms with Crippen LogP contribution in [0.2, 0.25) is 0 Å².